The van der Waals surface area contributed by atoms with Crippen LogP contribution in [0.2, 0.25) is 0 Å². The Morgan fingerprint density at radius 2 is 1.81 bits per heavy atom. The van der Waals surface area contributed by atoms with Crippen LogP contribution in [0, 0.1) is 5.92 Å². The van der Waals surface area contributed by atoms with E-state index in [0.29, 0.717) is 12.5 Å². The molecule has 0 bridgehead atoms. The average molecular weight is 224 g/mol. The second-order valence-corrected chi connectivity index (χ2v) is 4.63. The van der Waals surface area contributed by atoms with E-state index in [9.17, 15) is 10.2 Å². The van der Waals surface area contributed by atoms with Crippen LogP contribution in [0.15, 0.2) is 24.3 Å². The summed E-state index contributed by atoms with van der Waals surface area (Å²) in [7, 11) is 0. The molecule has 1 saturated heterocycles. The number of aliphatic hydroxyl groups is 2. The van der Waals surface area contributed by atoms with Gasteiger partial charge in [0.2, 0.25) is 0 Å². The van der Waals surface area contributed by atoms with Crippen molar-refractivity contribution in [3.8, 4) is 0 Å². The van der Waals surface area contributed by atoms with E-state index in [2.05, 4.69) is 22.8 Å². The number of allylic oxidation sites excluding steroid dienone is 2. The fourth-order valence-electron chi connectivity index (χ4n) is 2.27. The maximum Gasteiger partial charge on any atom is 0.0979 e. The van der Waals surface area contributed by atoms with Gasteiger partial charge in [0.25, 0.3) is 0 Å². The van der Waals surface area contributed by atoms with Crippen LogP contribution in [0.25, 0.3) is 0 Å². The third kappa shape index (κ3) is 2.52. The minimum Gasteiger partial charge on any atom is -0.389 e. The van der Waals surface area contributed by atoms with Gasteiger partial charge in [0.1, 0.15) is 0 Å². The van der Waals surface area contributed by atoms with Crippen LogP contribution in [-0.4, -0.2) is 47.6 Å². The summed E-state index contributed by atoms with van der Waals surface area (Å²) in [5.74, 6) is 0.459. The lowest BCUT2D eigenvalue weighted by molar-refractivity contribution is 0.0304. The standard InChI is InChI=1S/C12H20N2O2/c1-8-11(15)12(16)10(14-8)7-13-6-9-4-2-3-5-9/h2-5,8-16H,6-7H2,1H3/t8-,10-,11+,12-/m0/s1. The number of aliphatic hydroxyl groups excluding tert-OH is 2. The van der Waals surface area contributed by atoms with Crippen LogP contribution in [0.1, 0.15) is 6.92 Å². The van der Waals surface area contributed by atoms with Crippen LogP contribution in [0.3, 0.4) is 0 Å². The molecule has 0 aromatic carbocycles. The molecule has 4 atom stereocenters. The quantitative estimate of drug-likeness (QED) is 0.515. The van der Waals surface area contributed by atoms with Crippen molar-refractivity contribution in [3.05, 3.63) is 24.3 Å². The van der Waals surface area contributed by atoms with E-state index in [1.165, 1.54) is 0 Å². The van der Waals surface area contributed by atoms with Crippen molar-refractivity contribution in [2.24, 2.45) is 5.92 Å². The minimum atomic E-state index is -0.669. The van der Waals surface area contributed by atoms with E-state index >= 15 is 0 Å². The Morgan fingerprint density at radius 3 is 2.38 bits per heavy atom. The maximum absolute atomic E-state index is 9.74. The fourth-order valence-corrected chi connectivity index (χ4v) is 2.27. The summed E-state index contributed by atoms with van der Waals surface area (Å²) in [4.78, 5) is 0. The molecule has 0 saturated carbocycles. The van der Waals surface area contributed by atoms with Gasteiger partial charge in [-0.2, -0.15) is 0 Å². The Morgan fingerprint density at radius 1 is 1.12 bits per heavy atom. The minimum absolute atomic E-state index is 0.0342. The normalized spacial score (nSPS) is 38.7. The molecule has 4 nitrogen and oxygen atoms in total. The summed E-state index contributed by atoms with van der Waals surface area (Å²) in [6.45, 7) is 3.44. The van der Waals surface area contributed by atoms with Gasteiger partial charge in [0.05, 0.1) is 12.2 Å². The molecule has 2 aliphatic rings. The number of hydrogen-bond acceptors (Lipinski definition) is 4. The molecule has 1 aliphatic heterocycles. The topological polar surface area (TPSA) is 64.5 Å². The smallest absolute Gasteiger partial charge is 0.0979 e. The molecule has 1 heterocycles. The Labute approximate surface area is 96.1 Å². The van der Waals surface area contributed by atoms with Gasteiger partial charge in [-0.05, 0) is 6.92 Å². The van der Waals surface area contributed by atoms with Crippen LogP contribution in [0.4, 0.5) is 0 Å². The Bertz CT molecular complexity index is 279. The summed E-state index contributed by atoms with van der Waals surface area (Å²) >= 11 is 0. The summed E-state index contributed by atoms with van der Waals surface area (Å²) in [6, 6.07) is -0.0903. The second-order valence-electron chi connectivity index (χ2n) is 4.63. The largest absolute Gasteiger partial charge is 0.389 e. The Kier molecular flexibility index (Phi) is 3.76. The number of nitrogens with one attached hydrogen (secondary N) is 2. The van der Waals surface area contributed by atoms with E-state index in [4.69, 9.17) is 0 Å². The molecule has 1 aliphatic carbocycles. The van der Waals surface area contributed by atoms with Gasteiger partial charge in [-0.3, -0.25) is 0 Å². The van der Waals surface area contributed by atoms with E-state index < -0.39 is 12.2 Å². The van der Waals surface area contributed by atoms with Crippen molar-refractivity contribution in [3.63, 3.8) is 0 Å². The first-order valence-corrected chi connectivity index (χ1v) is 5.86. The van der Waals surface area contributed by atoms with E-state index in [1.807, 2.05) is 19.1 Å². The number of hydrogen-bond donors (Lipinski definition) is 4. The predicted octanol–water partition coefficient (Wildman–Crippen LogP) is -0.600. The maximum atomic E-state index is 9.74. The Balaban J connectivity index is 1.70. The lowest BCUT2D eigenvalue weighted by atomic mass is 10.1. The molecule has 0 radical (unpaired) electrons. The molecule has 1 fully saturated rings. The molecule has 4 heteroatoms. The highest BCUT2D eigenvalue weighted by Crippen LogP contribution is 2.13. The first kappa shape index (κ1) is 11.8. The van der Waals surface area contributed by atoms with Crippen LogP contribution >= 0.6 is 0 Å². The Hall–Kier alpha value is -0.680. The zero-order valence-electron chi connectivity index (χ0n) is 9.50. The van der Waals surface area contributed by atoms with E-state index in [-0.39, 0.29) is 12.1 Å². The average Bonchev–Trinajstić information content (AvgIpc) is 2.85. The van der Waals surface area contributed by atoms with Crippen molar-refractivity contribution < 1.29 is 10.2 Å². The zero-order valence-corrected chi connectivity index (χ0v) is 9.50. The van der Waals surface area contributed by atoms with Crippen LogP contribution < -0.4 is 10.6 Å². The molecule has 2 rings (SSSR count). The lowest BCUT2D eigenvalue weighted by Gasteiger charge is -2.17. The van der Waals surface area contributed by atoms with Crippen molar-refractivity contribution in [1.29, 1.82) is 0 Å². The lowest BCUT2D eigenvalue weighted by Crippen LogP contribution is -2.42. The molecular formula is C12H20N2O2. The highest BCUT2D eigenvalue weighted by Gasteiger charge is 2.37. The van der Waals surface area contributed by atoms with Crippen LogP contribution in [-0.2, 0) is 0 Å². The molecule has 0 spiro atoms. The highest BCUT2D eigenvalue weighted by molar-refractivity contribution is 5.17. The second kappa shape index (κ2) is 5.10. The SMILES string of the molecule is C[C@@H]1N[C@@H](CNCC2C=CC=C2)[C@H](O)[C@@H]1O. The highest BCUT2D eigenvalue weighted by atomic mass is 16.3. The third-order valence-electron chi connectivity index (χ3n) is 3.32. The predicted molar refractivity (Wildman–Crippen MR) is 63.0 cm³/mol. The van der Waals surface area contributed by atoms with Crippen LogP contribution in [0.5, 0.6) is 0 Å². The molecule has 90 valence electrons. The van der Waals surface area contributed by atoms with Gasteiger partial charge in [-0.1, -0.05) is 24.3 Å². The summed E-state index contributed by atoms with van der Waals surface area (Å²) < 4.78 is 0. The fraction of sp³-hybridized carbons (Fsp3) is 0.667. The molecule has 0 aromatic heterocycles. The van der Waals surface area contributed by atoms with Gasteiger partial charge >= 0.3 is 0 Å². The third-order valence-corrected chi connectivity index (χ3v) is 3.32. The van der Waals surface area contributed by atoms with Gasteiger partial charge in [-0.25, -0.2) is 0 Å². The van der Waals surface area contributed by atoms with Gasteiger partial charge in [-0.15, -0.1) is 0 Å². The first-order valence-electron chi connectivity index (χ1n) is 5.86. The summed E-state index contributed by atoms with van der Waals surface area (Å²) in [5.41, 5.74) is 0. The van der Waals surface area contributed by atoms with Gasteiger partial charge in [0.15, 0.2) is 0 Å². The molecule has 0 unspecified atom stereocenters. The van der Waals surface area contributed by atoms with Gasteiger partial charge in [0, 0.05) is 31.1 Å². The first-order chi connectivity index (χ1) is 7.68. The molecule has 0 amide bonds. The monoisotopic (exact) mass is 224 g/mol. The van der Waals surface area contributed by atoms with Crippen molar-refractivity contribution in [2.75, 3.05) is 13.1 Å². The molecule has 4 N–H and O–H groups in total. The molecule has 0 aromatic rings. The van der Waals surface area contributed by atoms with Gasteiger partial charge < -0.3 is 20.8 Å². The van der Waals surface area contributed by atoms with E-state index in [0.717, 1.165) is 6.54 Å². The summed E-state index contributed by atoms with van der Waals surface area (Å²) in [5, 5.41) is 25.8. The number of rotatable bonds is 4. The van der Waals surface area contributed by atoms with Crippen molar-refractivity contribution >= 4 is 0 Å². The van der Waals surface area contributed by atoms with E-state index in [1.54, 1.807) is 0 Å². The molecular weight excluding hydrogens is 204 g/mol. The van der Waals surface area contributed by atoms with Crippen molar-refractivity contribution in [1.82, 2.24) is 10.6 Å². The zero-order chi connectivity index (χ0) is 11.5. The molecule has 16 heavy (non-hydrogen) atoms. The summed E-state index contributed by atoms with van der Waals surface area (Å²) in [6.07, 6.45) is 7.04. The van der Waals surface area contributed by atoms with Crippen molar-refractivity contribution in [2.45, 2.75) is 31.2 Å².